The summed E-state index contributed by atoms with van der Waals surface area (Å²) in [7, 11) is 0. The molecule has 4 aliphatic carbocycles. The fourth-order valence-corrected chi connectivity index (χ4v) is 9.03. The molecule has 0 radical (unpaired) electrons. The molecule has 0 aromatic carbocycles. The lowest BCUT2D eigenvalue weighted by Crippen LogP contribution is -2.53. The minimum atomic E-state index is -0.583. The Morgan fingerprint density at radius 3 is 2.72 bits per heavy atom. The van der Waals surface area contributed by atoms with Crippen molar-refractivity contribution in [2.24, 2.45) is 34.5 Å². The average Bonchev–Trinajstić information content (AvgIpc) is 3.16. The monoisotopic (exact) mass is 437 g/mol. The largest absolute Gasteiger partial charge is 0.393 e. The summed E-state index contributed by atoms with van der Waals surface area (Å²) in [4.78, 5) is 4.27. The highest BCUT2D eigenvalue weighted by Gasteiger charge is 2.61. The average molecular weight is 438 g/mol. The Morgan fingerprint density at radius 1 is 1.12 bits per heavy atom. The molecule has 176 valence electrons. The third-order valence-electron chi connectivity index (χ3n) is 10.9. The number of hydrogen-bond acceptors (Lipinski definition) is 3. The van der Waals surface area contributed by atoms with E-state index in [-0.39, 0.29) is 11.5 Å². The number of pyridine rings is 1. The van der Waals surface area contributed by atoms with Crippen LogP contribution in [0.5, 0.6) is 0 Å². The molecular weight excluding hydrogens is 394 g/mol. The van der Waals surface area contributed by atoms with Gasteiger partial charge in [-0.2, -0.15) is 0 Å². The number of aliphatic hydroxyl groups is 2. The fourth-order valence-electron chi connectivity index (χ4n) is 9.03. The minimum absolute atomic E-state index is 0.130. The Morgan fingerprint density at radius 2 is 1.97 bits per heavy atom. The summed E-state index contributed by atoms with van der Waals surface area (Å²) in [6.07, 6.45) is 18.0. The number of nitrogens with zero attached hydrogens (tertiary/aromatic N) is 1. The van der Waals surface area contributed by atoms with Crippen LogP contribution in [-0.4, -0.2) is 26.9 Å². The van der Waals surface area contributed by atoms with Gasteiger partial charge in [-0.3, -0.25) is 4.98 Å². The van der Waals surface area contributed by atoms with Gasteiger partial charge in [-0.25, -0.2) is 0 Å². The molecule has 3 fully saturated rings. The van der Waals surface area contributed by atoms with E-state index in [9.17, 15) is 10.2 Å². The fraction of sp³-hybridized carbons (Fsp3) is 0.759. The van der Waals surface area contributed by atoms with Crippen molar-refractivity contribution in [3.05, 3.63) is 41.7 Å². The molecule has 5 rings (SSSR count). The quantitative estimate of drug-likeness (QED) is 0.548. The van der Waals surface area contributed by atoms with Crippen LogP contribution >= 0.6 is 0 Å². The number of fused-ring (bicyclic) bond motifs is 5. The van der Waals surface area contributed by atoms with Crippen LogP contribution in [0, 0.1) is 34.5 Å². The molecule has 0 bridgehead atoms. The Bertz CT molecular complexity index is 852. The van der Waals surface area contributed by atoms with Gasteiger partial charge in [0.15, 0.2) is 0 Å². The second kappa shape index (κ2) is 8.24. The molecule has 3 heteroatoms. The highest BCUT2D eigenvalue weighted by molar-refractivity contribution is 5.25. The van der Waals surface area contributed by atoms with E-state index in [0.29, 0.717) is 11.3 Å². The molecule has 3 saturated carbocycles. The molecule has 4 aliphatic rings. The van der Waals surface area contributed by atoms with Gasteiger partial charge in [0.05, 0.1) is 11.7 Å². The molecule has 1 unspecified atom stereocenters. The summed E-state index contributed by atoms with van der Waals surface area (Å²) in [5.74, 6) is 2.64. The molecule has 0 amide bonds. The number of rotatable bonds is 5. The first-order valence-electron chi connectivity index (χ1n) is 13.3. The molecule has 0 spiro atoms. The van der Waals surface area contributed by atoms with Gasteiger partial charge in [-0.1, -0.05) is 38.5 Å². The predicted octanol–water partition coefficient (Wildman–Crippen LogP) is 6.10. The maximum absolute atomic E-state index is 12.0. The van der Waals surface area contributed by atoms with Gasteiger partial charge in [0.25, 0.3) is 0 Å². The maximum Gasteiger partial charge on any atom is 0.0681 e. The third-order valence-corrected chi connectivity index (χ3v) is 10.9. The zero-order chi connectivity index (χ0) is 22.6. The van der Waals surface area contributed by atoms with Crippen molar-refractivity contribution in [2.45, 2.75) is 103 Å². The highest BCUT2D eigenvalue weighted by Crippen LogP contribution is 2.68. The molecule has 8 atom stereocenters. The summed E-state index contributed by atoms with van der Waals surface area (Å²) in [5, 5.41) is 22.2. The van der Waals surface area contributed by atoms with Crippen LogP contribution in [0.15, 0.2) is 36.2 Å². The molecule has 3 nitrogen and oxygen atoms in total. The van der Waals surface area contributed by atoms with Crippen molar-refractivity contribution in [2.75, 3.05) is 0 Å². The summed E-state index contributed by atoms with van der Waals surface area (Å²) < 4.78 is 0. The van der Waals surface area contributed by atoms with E-state index < -0.39 is 5.60 Å². The Hall–Kier alpha value is -1.19. The van der Waals surface area contributed by atoms with Crippen molar-refractivity contribution in [3.63, 3.8) is 0 Å². The second-order valence-corrected chi connectivity index (χ2v) is 12.1. The summed E-state index contributed by atoms with van der Waals surface area (Å²) in [6.45, 7) is 7.23. The van der Waals surface area contributed by atoms with E-state index in [0.717, 1.165) is 56.3 Å². The van der Waals surface area contributed by atoms with Crippen molar-refractivity contribution >= 4 is 0 Å². The van der Waals surface area contributed by atoms with E-state index in [1.807, 2.05) is 18.5 Å². The third kappa shape index (κ3) is 3.50. The molecule has 0 saturated heterocycles. The summed E-state index contributed by atoms with van der Waals surface area (Å²) >= 11 is 0. The number of hydrogen-bond donors (Lipinski definition) is 2. The van der Waals surface area contributed by atoms with Crippen molar-refractivity contribution < 1.29 is 10.2 Å². The van der Waals surface area contributed by atoms with E-state index >= 15 is 0 Å². The number of aromatic nitrogens is 1. The van der Waals surface area contributed by atoms with E-state index in [4.69, 9.17) is 0 Å². The lowest BCUT2D eigenvalue weighted by Gasteiger charge is -2.59. The van der Waals surface area contributed by atoms with Crippen molar-refractivity contribution in [1.29, 1.82) is 0 Å². The molecule has 1 aromatic rings. The number of allylic oxidation sites excluding steroid dienone is 1. The van der Waals surface area contributed by atoms with Gasteiger partial charge in [-0.05, 0) is 117 Å². The van der Waals surface area contributed by atoms with Gasteiger partial charge in [-0.15, -0.1) is 0 Å². The standard InChI is InChI=1S/C29H43NO2/c1-4-29(32,16-11-20-6-5-17-30-19-20)26-10-9-24-23-8-7-21-18-22(31)12-14-27(21,2)25(23)13-15-28(24,26)3/h5-7,17,19,22-26,31-32H,4,8-16,18H2,1-3H3/t22-,23-,24-,25-,26-,27-,28-,29?/m0/s1. The molecule has 0 aliphatic heterocycles. The number of aliphatic hydroxyl groups excluding tert-OH is 1. The van der Waals surface area contributed by atoms with Crippen molar-refractivity contribution in [3.8, 4) is 0 Å². The molecular formula is C29H43NO2. The first-order valence-corrected chi connectivity index (χ1v) is 13.3. The maximum atomic E-state index is 12.0. The van der Waals surface area contributed by atoms with Gasteiger partial charge in [0, 0.05) is 12.4 Å². The number of aryl methyl sites for hydroxylation is 1. The summed E-state index contributed by atoms with van der Waals surface area (Å²) in [5.41, 5.74) is 2.75. The Labute approximate surface area is 194 Å². The van der Waals surface area contributed by atoms with Gasteiger partial charge in [0.1, 0.15) is 0 Å². The smallest absolute Gasteiger partial charge is 0.0681 e. The van der Waals surface area contributed by atoms with Gasteiger partial charge < -0.3 is 10.2 Å². The molecule has 2 N–H and O–H groups in total. The van der Waals surface area contributed by atoms with Crippen LogP contribution in [0.2, 0.25) is 0 Å². The Balaban J connectivity index is 1.37. The minimum Gasteiger partial charge on any atom is -0.393 e. The van der Waals surface area contributed by atoms with E-state index in [1.54, 1.807) is 5.57 Å². The zero-order valence-electron chi connectivity index (χ0n) is 20.4. The van der Waals surface area contributed by atoms with Crippen LogP contribution < -0.4 is 0 Å². The highest BCUT2D eigenvalue weighted by atomic mass is 16.3. The van der Waals surface area contributed by atoms with Gasteiger partial charge >= 0.3 is 0 Å². The van der Waals surface area contributed by atoms with Crippen LogP contribution in [-0.2, 0) is 6.42 Å². The van der Waals surface area contributed by atoms with Gasteiger partial charge in [0.2, 0.25) is 0 Å². The Kier molecular flexibility index (Phi) is 5.82. The van der Waals surface area contributed by atoms with Crippen LogP contribution in [0.25, 0.3) is 0 Å². The first-order chi connectivity index (χ1) is 15.3. The van der Waals surface area contributed by atoms with E-state index in [2.05, 4.69) is 37.9 Å². The summed E-state index contributed by atoms with van der Waals surface area (Å²) in [6, 6.07) is 4.14. The molecule has 1 aromatic heterocycles. The second-order valence-electron chi connectivity index (χ2n) is 12.1. The molecule has 1 heterocycles. The lowest BCUT2D eigenvalue weighted by atomic mass is 9.46. The topological polar surface area (TPSA) is 53.4 Å². The van der Waals surface area contributed by atoms with E-state index in [1.165, 1.54) is 37.7 Å². The normalized spacial score (nSPS) is 42.9. The molecule has 32 heavy (non-hydrogen) atoms. The predicted molar refractivity (Wildman–Crippen MR) is 129 cm³/mol. The SMILES string of the molecule is CCC(O)(CCc1cccnc1)[C@H]1CC[C@H]2[C@@H]3CC=C4C[C@@H](O)CC[C@]4(C)[C@H]3CC[C@]12C. The van der Waals surface area contributed by atoms with Crippen molar-refractivity contribution in [1.82, 2.24) is 4.98 Å². The van der Waals surface area contributed by atoms with Crippen LogP contribution in [0.4, 0.5) is 0 Å². The zero-order valence-corrected chi connectivity index (χ0v) is 20.4. The first kappa shape index (κ1) is 22.6. The lowest BCUT2D eigenvalue weighted by molar-refractivity contribution is -0.114. The van der Waals surface area contributed by atoms with Crippen LogP contribution in [0.1, 0.15) is 90.5 Å². The van der Waals surface area contributed by atoms with Crippen LogP contribution in [0.3, 0.4) is 0 Å².